The molecule has 2 amide bonds. The summed E-state index contributed by atoms with van der Waals surface area (Å²) >= 11 is 0. The first kappa shape index (κ1) is 18.4. The van der Waals surface area contributed by atoms with E-state index < -0.39 is 0 Å². The van der Waals surface area contributed by atoms with E-state index in [-0.39, 0.29) is 25.0 Å². The Labute approximate surface area is 157 Å². The smallest absolute Gasteiger partial charge is 0.265 e. The number of nitrogens with zero attached hydrogens (tertiary/aromatic N) is 2. The zero-order valence-electron chi connectivity index (χ0n) is 15.3. The number of amides is 2. The lowest BCUT2D eigenvalue weighted by Crippen LogP contribution is -2.44. The molecule has 7 heteroatoms. The van der Waals surface area contributed by atoms with Crippen LogP contribution in [0, 0.1) is 0 Å². The Hall–Kier alpha value is -3.35. The molecule has 0 fully saturated rings. The molecule has 2 aromatic rings. The predicted molar refractivity (Wildman–Crippen MR) is 102 cm³/mol. The van der Waals surface area contributed by atoms with Gasteiger partial charge in [-0.3, -0.25) is 14.5 Å². The van der Waals surface area contributed by atoms with Crippen LogP contribution in [0.4, 0.5) is 5.69 Å². The van der Waals surface area contributed by atoms with Gasteiger partial charge in [0.25, 0.3) is 11.8 Å². The quantitative estimate of drug-likeness (QED) is 0.628. The number of hydrazone groups is 1. The third kappa shape index (κ3) is 4.25. The molecule has 0 atom stereocenters. The van der Waals surface area contributed by atoms with Crippen LogP contribution in [0.25, 0.3) is 0 Å². The minimum Gasteiger partial charge on any atom is -0.497 e. The van der Waals surface area contributed by atoms with E-state index in [1.165, 1.54) is 4.90 Å². The molecule has 0 radical (unpaired) electrons. The fraction of sp³-hybridized carbons (Fsp3) is 0.250. The second-order valence-electron chi connectivity index (χ2n) is 5.91. The topological polar surface area (TPSA) is 80.2 Å². The summed E-state index contributed by atoms with van der Waals surface area (Å²) in [5, 5.41) is 4.22. The molecule has 0 spiro atoms. The van der Waals surface area contributed by atoms with Gasteiger partial charge in [-0.05, 0) is 48.4 Å². The number of benzene rings is 2. The number of para-hydroxylation sites is 2. The SMILES string of the molecule is CC/C(=N/NC(=O)CN1C(=O)COc2ccccc21)c1ccc(OC)cc1. The number of methoxy groups -OCH3 is 1. The van der Waals surface area contributed by atoms with Crippen molar-refractivity contribution in [1.29, 1.82) is 0 Å². The van der Waals surface area contributed by atoms with Crippen LogP contribution in [-0.4, -0.2) is 37.8 Å². The third-order valence-corrected chi connectivity index (χ3v) is 4.18. The van der Waals surface area contributed by atoms with Crippen LogP contribution in [0.2, 0.25) is 0 Å². The molecular formula is C20H21N3O4. The van der Waals surface area contributed by atoms with Gasteiger partial charge in [0.2, 0.25) is 0 Å². The van der Waals surface area contributed by atoms with Gasteiger partial charge in [0, 0.05) is 0 Å². The number of anilines is 1. The predicted octanol–water partition coefficient (Wildman–Crippen LogP) is 2.35. The Morgan fingerprint density at radius 3 is 2.67 bits per heavy atom. The van der Waals surface area contributed by atoms with Gasteiger partial charge in [0.05, 0.1) is 18.5 Å². The monoisotopic (exact) mass is 367 g/mol. The van der Waals surface area contributed by atoms with Gasteiger partial charge < -0.3 is 9.47 Å². The minimum absolute atomic E-state index is 0.0837. The normalized spacial score (nSPS) is 13.6. The Morgan fingerprint density at radius 1 is 1.22 bits per heavy atom. The summed E-state index contributed by atoms with van der Waals surface area (Å²) in [7, 11) is 1.61. The first-order valence-corrected chi connectivity index (χ1v) is 8.64. The van der Waals surface area contributed by atoms with Crippen molar-refractivity contribution in [3.05, 3.63) is 54.1 Å². The molecule has 7 nitrogen and oxygen atoms in total. The number of ether oxygens (including phenoxy) is 2. The van der Waals surface area contributed by atoms with E-state index in [1.807, 2.05) is 37.3 Å². The van der Waals surface area contributed by atoms with Crippen LogP contribution < -0.4 is 19.8 Å². The summed E-state index contributed by atoms with van der Waals surface area (Å²) in [4.78, 5) is 25.9. The Balaban J connectivity index is 1.69. The van der Waals surface area contributed by atoms with Gasteiger partial charge >= 0.3 is 0 Å². The number of nitrogens with one attached hydrogen (secondary N) is 1. The Bertz CT molecular complexity index is 862. The van der Waals surface area contributed by atoms with Crippen molar-refractivity contribution in [2.75, 3.05) is 25.2 Å². The van der Waals surface area contributed by atoms with Crippen molar-refractivity contribution in [3.8, 4) is 11.5 Å². The standard InChI is InChI=1S/C20H21N3O4/c1-3-16(14-8-10-15(26-2)11-9-14)21-22-19(24)12-23-17-6-4-5-7-18(17)27-13-20(23)25/h4-11H,3,12-13H2,1-2H3,(H,22,24)/b21-16-. The van der Waals surface area contributed by atoms with Crippen LogP contribution in [0.5, 0.6) is 11.5 Å². The number of carbonyl (C=O) groups excluding carboxylic acids is 2. The Kier molecular flexibility index (Phi) is 5.71. The van der Waals surface area contributed by atoms with Crippen LogP contribution in [-0.2, 0) is 9.59 Å². The molecule has 0 unspecified atom stereocenters. The van der Waals surface area contributed by atoms with Gasteiger partial charge in [-0.25, -0.2) is 5.43 Å². The maximum absolute atomic E-state index is 12.3. The van der Waals surface area contributed by atoms with Gasteiger partial charge in [-0.15, -0.1) is 0 Å². The van der Waals surface area contributed by atoms with E-state index >= 15 is 0 Å². The first-order chi connectivity index (χ1) is 13.1. The lowest BCUT2D eigenvalue weighted by molar-refractivity contribution is -0.125. The molecule has 2 aromatic carbocycles. The summed E-state index contributed by atoms with van der Waals surface area (Å²) in [6.45, 7) is 1.75. The van der Waals surface area contributed by atoms with Gasteiger partial charge in [-0.2, -0.15) is 5.10 Å². The van der Waals surface area contributed by atoms with Gasteiger partial charge in [0.15, 0.2) is 6.61 Å². The number of fused-ring (bicyclic) bond motifs is 1. The van der Waals surface area contributed by atoms with Crippen molar-refractivity contribution in [3.63, 3.8) is 0 Å². The highest BCUT2D eigenvalue weighted by atomic mass is 16.5. The molecule has 140 valence electrons. The highest BCUT2D eigenvalue weighted by molar-refractivity contribution is 6.03. The highest BCUT2D eigenvalue weighted by Gasteiger charge is 2.26. The second-order valence-corrected chi connectivity index (χ2v) is 5.91. The van der Waals surface area contributed by atoms with E-state index in [2.05, 4.69) is 10.5 Å². The van der Waals surface area contributed by atoms with E-state index in [4.69, 9.17) is 9.47 Å². The van der Waals surface area contributed by atoms with E-state index in [0.29, 0.717) is 17.9 Å². The lowest BCUT2D eigenvalue weighted by atomic mass is 10.1. The molecule has 27 heavy (non-hydrogen) atoms. The van der Waals surface area contributed by atoms with E-state index in [0.717, 1.165) is 17.0 Å². The summed E-state index contributed by atoms with van der Waals surface area (Å²) in [6, 6.07) is 14.6. The van der Waals surface area contributed by atoms with Gasteiger partial charge in [0.1, 0.15) is 18.0 Å². The number of hydrogen-bond acceptors (Lipinski definition) is 5. The molecule has 0 aliphatic carbocycles. The van der Waals surface area contributed by atoms with Crippen molar-refractivity contribution < 1.29 is 19.1 Å². The molecule has 0 saturated heterocycles. The number of carbonyl (C=O) groups is 2. The van der Waals surface area contributed by atoms with Crippen LogP contribution in [0.15, 0.2) is 53.6 Å². The molecule has 1 N–H and O–H groups in total. The average molecular weight is 367 g/mol. The zero-order valence-corrected chi connectivity index (χ0v) is 15.3. The fourth-order valence-corrected chi connectivity index (χ4v) is 2.77. The van der Waals surface area contributed by atoms with Crippen LogP contribution in [0.3, 0.4) is 0 Å². The third-order valence-electron chi connectivity index (χ3n) is 4.18. The van der Waals surface area contributed by atoms with Crippen molar-refractivity contribution >= 4 is 23.2 Å². The highest BCUT2D eigenvalue weighted by Crippen LogP contribution is 2.31. The molecule has 1 aliphatic rings. The van der Waals surface area contributed by atoms with Crippen molar-refractivity contribution in [2.45, 2.75) is 13.3 Å². The Morgan fingerprint density at radius 2 is 1.96 bits per heavy atom. The first-order valence-electron chi connectivity index (χ1n) is 8.64. The van der Waals surface area contributed by atoms with E-state index in [9.17, 15) is 9.59 Å². The number of hydrogen-bond donors (Lipinski definition) is 1. The molecular weight excluding hydrogens is 346 g/mol. The summed E-state index contributed by atoms with van der Waals surface area (Å²) in [6.07, 6.45) is 0.645. The second kappa shape index (κ2) is 8.35. The summed E-state index contributed by atoms with van der Waals surface area (Å²) in [5.41, 5.74) is 4.76. The average Bonchev–Trinajstić information content (AvgIpc) is 2.71. The molecule has 1 heterocycles. The molecule has 3 rings (SSSR count). The van der Waals surface area contributed by atoms with Crippen molar-refractivity contribution in [1.82, 2.24) is 5.43 Å². The number of rotatable bonds is 6. The summed E-state index contributed by atoms with van der Waals surface area (Å²) in [5.74, 6) is 0.696. The molecule has 1 aliphatic heterocycles. The summed E-state index contributed by atoms with van der Waals surface area (Å²) < 4.78 is 10.5. The van der Waals surface area contributed by atoms with Crippen LogP contribution >= 0.6 is 0 Å². The maximum atomic E-state index is 12.3. The molecule has 0 saturated carbocycles. The maximum Gasteiger partial charge on any atom is 0.265 e. The largest absolute Gasteiger partial charge is 0.497 e. The lowest BCUT2D eigenvalue weighted by Gasteiger charge is -2.28. The van der Waals surface area contributed by atoms with Crippen molar-refractivity contribution in [2.24, 2.45) is 5.10 Å². The minimum atomic E-state index is -0.375. The fourth-order valence-electron chi connectivity index (χ4n) is 2.77. The van der Waals surface area contributed by atoms with Gasteiger partial charge in [-0.1, -0.05) is 19.1 Å². The van der Waals surface area contributed by atoms with Crippen LogP contribution in [0.1, 0.15) is 18.9 Å². The molecule has 0 bridgehead atoms. The van der Waals surface area contributed by atoms with E-state index in [1.54, 1.807) is 25.3 Å². The zero-order chi connectivity index (χ0) is 19.2. The molecule has 0 aromatic heterocycles.